The van der Waals surface area contributed by atoms with Gasteiger partial charge in [0.25, 0.3) is 11.8 Å². The zero-order chi connectivity index (χ0) is 16.8. The maximum atomic E-state index is 12.2. The van der Waals surface area contributed by atoms with Crippen molar-refractivity contribution in [1.29, 1.82) is 0 Å². The number of anilines is 1. The molecule has 3 aromatic rings. The Balaban J connectivity index is 1.64. The predicted octanol–water partition coefficient (Wildman–Crippen LogP) is 2.86. The van der Waals surface area contributed by atoms with Gasteiger partial charge < -0.3 is 15.1 Å². The van der Waals surface area contributed by atoms with Crippen molar-refractivity contribution in [1.82, 2.24) is 10.3 Å². The molecule has 1 aromatic carbocycles. The minimum absolute atomic E-state index is 0.208. The molecule has 3 rings (SSSR count). The van der Waals surface area contributed by atoms with Crippen molar-refractivity contribution >= 4 is 17.5 Å². The SMILES string of the molecule is O=C(NCc1ccccn1)c1cccc(NC(=O)c2ccco2)c1. The monoisotopic (exact) mass is 321 g/mol. The number of aromatic nitrogens is 1. The van der Waals surface area contributed by atoms with E-state index >= 15 is 0 Å². The van der Waals surface area contributed by atoms with Gasteiger partial charge in [-0.3, -0.25) is 14.6 Å². The molecular formula is C18H15N3O3. The van der Waals surface area contributed by atoms with Crippen LogP contribution in [0, 0.1) is 0 Å². The molecule has 6 nitrogen and oxygen atoms in total. The maximum absolute atomic E-state index is 12.2. The number of hydrogen-bond donors (Lipinski definition) is 2. The third kappa shape index (κ3) is 3.86. The quantitative estimate of drug-likeness (QED) is 0.757. The van der Waals surface area contributed by atoms with E-state index < -0.39 is 0 Å². The lowest BCUT2D eigenvalue weighted by Crippen LogP contribution is -2.23. The maximum Gasteiger partial charge on any atom is 0.291 e. The normalized spacial score (nSPS) is 10.2. The lowest BCUT2D eigenvalue weighted by molar-refractivity contribution is 0.0948. The van der Waals surface area contributed by atoms with Gasteiger partial charge in [0.15, 0.2) is 5.76 Å². The Morgan fingerprint density at radius 3 is 2.67 bits per heavy atom. The third-order valence-electron chi connectivity index (χ3n) is 3.28. The summed E-state index contributed by atoms with van der Waals surface area (Å²) in [6, 6.07) is 15.4. The zero-order valence-corrected chi connectivity index (χ0v) is 12.7. The van der Waals surface area contributed by atoms with E-state index in [-0.39, 0.29) is 17.6 Å². The number of carbonyl (C=O) groups excluding carboxylic acids is 2. The molecule has 0 aliphatic carbocycles. The Morgan fingerprint density at radius 1 is 1.00 bits per heavy atom. The van der Waals surface area contributed by atoms with Gasteiger partial charge in [-0.25, -0.2) is 0 Å². The van der Waals surface area contributed by atoms with Crippen LogP contribution >= 0.6 is 0 Å². The molecule has 0 aliphatic rings. The Kier molecular flexibility index (Phi) is 4.67. The molecule has 24 heavy (non-hydrogen) atoms. The Morgan fingerprint density at radius 2 is 1.92 bits per heavy atom. The van der Waals surface area contributed by atoms with E-state index in [1.165, 1.54) is 6.26 Å². The number of nitrogens with zero attached hydrogens (tertiary/aromatic N) is 1. The van der Waals surface area contributed by atoms with Crippen LogP contribution in [0.1, 0.15) is 26.6 Å². The fourth-order valence-electron chi connectivity index (χ4n) is 2.11. The number of furan rings is 1. The van der Waals surface area contributed by atoms with Crippen LogP contribution in [0.4, 0.5) is 5.69 Å². The van der Waals surface area contributed by atoms with E-state index in [0.717, 1.165) is 5.69 Å². The van der Waals surface area contributed by atoms with Crippen molar-refractivity contribution in [2.75, 3.05) is 5.32 Å². The first-order chi connectivity index (χ1) is 11.7. The molecule has 2 heterocycles. The first kappa shape index (κ1) is 15.5. The second kappa shape index (κ2) is 7.23. The lowest BCUT2D eigenvalue weighted by atomic mass is 10.2. The van der Waals surface area contributed by atoms with Crippen LogP contribution < -0.4 is 10.6 Å². The van der Waals surface area contributed by atoms with Gasteiger partial charge >= 0.3 is 0 Å². The van der Waals surface area contributed by atoms with Gasteiger partial charge in [0.1, 0.15) is 0 Å². The van der Waals surface area contributed by atoms with Crippen LogP contribution in [-0.2, 0) is 6.54 Å². The number of rotatable bonds is 5. The fourth-order valence-corrected chi connectivity index (χ4v) is 2.11. The Hall–Kier alpha value is -3.41. The molecule has 0 spiro atoms. The first-order valence-corrected chi connectivity index (χ1v) is 7.35. The molecule has 0 saturated carbocycles. The van der Waals surface area contributed by atoms with Crippen LogP contribution in [0.2, 0.25) is 0 Å². The van der Waals surface area contributed by atoms with Crippen molar-refractivity contribution in [3.63, 3.8) is 0 Å². The summed E-state index contributed by atoms with van der Waals surface area (Å²) in [6.45, 7) is 0.336. The van der Waals surface area contributed by atoms with E-state index in [1.807, 2.05) is 18.2 Å². The van der Waals surface area contributed by atoms with E-state index in [0.29, 0.717) is 17.8 Å². The summed E-state index contributed by atoms with van der Waals surface area (Å²) in [7, 11) is 0. The molecule has 6 heteroatoms. The minimum Gasteiger partial charge on any atom is -0.459 e. The molecule has 120 valence electrons. The molecule has 0 bridgehead atoms. The second-order valence-corrected chi connectivity index (χ2v) is 5.02. The number of pyridine rings is 1. The van der Waals surface area contributed by atoms with Crippen molar-refractivity contribution in [3.8, 4) is 0 Å². The van der Waals surface area contributed by atoms with Gasteiger partial charge in [-0.2, -0.15) is 0 Å². The standard InChI is InChI=1S/C18H15N3O3/c22-17(20-12-15-6-1-2-9-19-15)13-5-3-7-14(11-13)21-18(23)16-8-4-10-24-16/h1-11H,12H2,(H,20,22)(H,21,23). The van der Waals surface area contributed by atoms with Crippen molar-refractivity contribution in [2.24, 2.45) is 0 Å². The number of hydrogen-bond acceptors (Lipinski definition) is 4. The average molecular weight is 321 g/mol. The van der Waals surface area contributed by atoms with Gasteiger partial charge in [0.05, 0.1) is 18.5 Å². The van der Waals surface area contributed by atoms with Crippen molar-refractivity contribution in [2.45, 2.75) is 6.54 Å². The third-order valence-corrected chi connectivity index (χ3v) is 3.28. The van der Waals surface area contributed by atoms with Gasteiger partial charge in [-0.1, -0.05) is 12.1 Å². The summed E-state index contributed by atoms with van der Waals surface area (Å²) in [5, 5.41) is 5.48. The predicted molar refractivity (Wildman–Crippen MR) is 88.5 cm³/mol. The smallest absolute Gasteiger partial charge is 0.291 e. The zero-order valence-electron chi connectivity index (χ0n) is 12.7. The molecule has 2 amide bonds. The summed E-state index contributed by atoms with van der Waals surface area (Å²) in [4.78, 5) is 28.3. The van der Waals surface area contributed by atoms with Crippen LogP contribution in [0.15, 0.2) is 71.5 Å². The molecular weight excluding hydrogens is 306 g/mol. The fraction of sp³-hybridized carbons (Fsp3) is 0.0556. The number of amides is 2. The summed E-state index contributed by atoms with van der Waals surface area (Å²) in [5.74, 6) is -0.402. The number of nitrogens with one attached hydrogen (secondary N) is 2. The van der Waals surface area contributed by atoms with Crippen molar-refractivity contribution in [3.05, 3.63) is 84.1 Å². The van der Waals surface area contributed by atoms with Crippen LogP contribution in [0.3, 0.4) is 0 Å². The Labute approximate surface area is 138 Å². The van der Waals surface area contributed by atoms with E-state index in [9.17, 15) is 9.59 Å². The highest BCUT2D eigenvalue weighted by Crippen LogP contribution is 2.13. The van der Waals surface area contributed by atoms with Gasteiger partial charge in [-0.05, 0) is 42.5 Å². The topological polar surface area (TPSA) is 84.2 Å². The van der Waals surface area contributed by atoms with Gasteiger partial charge in [-0.15, -0.1) is 0 Å². The second-order valence-electron chi connectivity index (χ2n) is 5.02. The summed E-state index contributed by atoms with van der Waals surface area (Å²) in [5.41, 5.74) is 1.73. The van der Waals surface area contributed by atoms with Crippen molar-refractivity contribution < 1.29 is 14.0 Å². The first-order valence-electron chi connectivity index (χ1n) is 7.35. The number of benzene rings is 1. The molecule has 0 saturated heterocycles. The summed E-state index contributed by atoms with van der Waals surface area (Å²) in [6.07, 6.45) is 3.10. The van der Waals surface area contributed by atoms with Crippen LogP contribution in [0.25, 0.3) is 0 Å². The van der Waals surface area contributed by atoms with Gasteiger partial charge in [0.2, 0.25) is 0 Å². The highest BCUT2D eigenvalue weighted by Gasteiger charge is 2.11. The molecule has 0 radical (unpaired) electrons. The molecule has 0 aliphatic heterocycles. The van der Waals surface area contributed by atoms with Crippen LogP contribution in [0.5, 0.6) is 0 Å². The lowest BCUT2D eigenvalue weighted by Gasteiger charge is -2.07. The highest BCUT2D eigenvalue weighted by molar-refractivity contribution is 6.03. The Bertz CT molecular complexity index is 830. The van der Waals surface area contributed by atoms with E-state index in [2.05, 4.69) is 15.6 Å². The largest absolute Gasteiger partial charge is 0.459 e. The molecule has 2 N–H and O–H groups in total. The average Bonchev–Trinajstić information content (AvgIpc) is 3.15. The molecule has 0 unspecified atom stereocenters. The molecule has 0 atom stereocenters. The number of carbonyl (C=O) groups is 2. The molecule has 0 fully saturated rings. The van der Waals surface area contributed by atoms with Gasteiger partial charge in [0, 0.05) is 17.4 Å². The van der Waals surface area contributed by atoms with E-state index in [4.69, 9.17) is 4.42 Å². The highest BCUT2D eigenvalue weighted by atomic mass is 16.3. The van der Waals surface area contributed by atoms with E-state index in [1.54, 1.807) is 42.6 Å². The summed E-state index contributed by atoms with van der Waals surface area (Å²) >= 11 is 0. The van der Waals surface area contributed by atoms with Crippen LogP contribution in [-0.4, -0.2) is 16.8 Å². The molecule has 2 aromatic heterocycles. The minimum atomic E-state index is -0.369. The summed E-state index contributed by atoms with van der Waals surface area (Å²) < 4.78 is 5.03.